The Kier molecular flexibility index (Phi) is 4.98. The molecule has 2 aromatic rings. The fourth-order valence-corrected chi connectivity index (χ4v) is 2.86. The van der Waals surface area contributed by atoms with E-state index in [0.717, 1.165) is 16.2 Å². The molecule has 0 aromatic heterocycles. The minimum Gasteiger partial charge on any atom is -0.457 e. The van der Waals surface area contributed by atoms with E-state index in [1.165, 1.54) is 12.1 Å². The van der Waals surface area contributed by atoms with Gasteiger partial charge in [-0.2, -0.15) is 0 Å². The largest absolute Gasteiger partial charge is 0.457 e. The van der Waals surface area contributed by atoms with Gasteiger partial charge in [-0.1, -0.05) is 25.2 Å². The van der Waals surface area contributed by atoms with Gasteiger partial charge in [-0.3, -0.25) is 0 Å². The van der Waals surface area contributed by atoms with E-state index < -0.39 is 0 Å². The first-order chi connectivity index (χ1) is 9.61. The zero-order valence-corrected chi connectivity index (χ0v) is 12.6. The topological polar surface area (TPSA) is 35.2 Å². The van der Waals surface area contributed by atoms with Crippen molar-refractivity contribution in [2.75, 3.05) is 5.75 Å². The van der Waals surface area contributed by atoms with E-state index in [4.69, 9.17) is 22.7 Å². The zero-order chi connectivity index (χ0) is 14.5. The first-order valence-electron chi connectivity index (χ1n) is 6.11. The van der Waals surface area contributed by atoms with Crippen LogP contribution in [0.5, 0.6) is 11.5 Å². The Morgan fingerprint density at radius 3 is 2.55 bits per heavy atom. The van der Waals surface area contributed by atoms with Crippen LogP contribution in [0.1, 0.15) is 12.5 Å². The monoisotopic (exact) mass is 307 g/mol. The Bertz CT molecular complexity index is 614. The van der Waals surface area contributed by atoms with Gasteiger partial charge in [0, 0.05) is 4.90 Å². The molecule has 0 spiro atoms. The molecule has 0 atom stereocenters. The first kappa shape index (κ1) is 14.8. The summed E-state index contributed by atoms with van der Waals surface area (Å²) in [7, 11) is 0. The molecule has 2 aromatic carbocycles. The molecule has 2 nitrogen and oxygen atoms in total. The summed E-state index contributed by atoms with van der Waals surface area (Å²) in [4.78, 5) is 1.28. The third kappa shape index (κ3) is 3.49. The van der Waals surface area contributed by atoms with Gasteiger partial charge in [-0.25, -0.2) is 4.39 Å². The molecule has 0 saturated carbocycles. The van der Waals surface area contributed by atoms with Crippen LogP contribution in [0.4, 0.5) is 4.39 Å². The molecular formula is C15H14FNOS2. The minimum atomic E-state index is -0.304. The number of thioether (sulfide) groups is 1. The summed E-state index contributed by atoms with van der Waals surface area (Å²) < 4.78 is 18.7. The van der Waals surface area contributed by atoms with Gasteiger partial charge in [0.2, 0.25) is 0 Å². The number of benzene rings is 2. The Labute approximate surface area is 127 Å². The molecule has 0 aliphatic rings. The SMILES string of the molecule is CCSc1cccc(Oc2ccc(F)cc2)c1C(N)=S. The van der Waals surface area contributed by atoms with Crippen LogP contribution in [0.2, 0.25) is 0 Å². The lowest BCUT2D eigenvalue weighted by Gasteiger charge is -2.13. The van der Waals surface area contributed by atoms with Crippen molar-refractivity contribution >= 4 is 29.0 Å². The van der Waals surface area contributed by atoms with Crippen molar-refractivity contribution in [1.82, 2.24) is 0 Å². The maximum atomic E-state index is 12.9. The van der Waals surface area contributed by atoms with Crippen LogP contribution in [0.15, 0.2) is 47.4 Å². The average molecular weight is 307 g/mol. The molecule has 104 valence electrons. The third-order valence-electron chi connectivity index (χ3n) is 2.58. The molecule has 0 radical (unpaired) electrons. The highest BCUT2D eigenvalue weighted by molar-refractivity contribution is 7.99. The van der Waals surface area contributed by atoms with Crippen LogP contribution in [0.3, 0.4) is 0 Å². The average Bonchev–Trinajstić information content (AvgIpc) is 2.41. The van der Waals surface area contributed by atoms with E-state index in [0.29, 0.717) is 16.5 Å². The molecule has 2 N–H and O–H groups in total. The molecule has 0 heterocycles. The quantitative estimate of drug-likeness (QED) is 0.657. The Morgan fingerprint density at radius 2 is 1.95 bits per heavy atom. The summed E-state index contributed by atoms with van der Waals surface area (Å²) in [6.45, 7) is 2.06. The lowest BCUT2D eigenvalue weighted by atomic mass is 10.2. The maximum absolute atomic E-state index is 12.9. The highest BCUT2D eigenvalue weighted by Crippen LogP contribution is 2.32. The van der Waals surface area contributed by atoms with E-state index >= 15 is 0 Å². The Hall–Kier alpha value is -1.59. The van der Waals surface area contributed by atoms with Gasteiger partial charge in [0.15, 0.2) is 0 Å². The Balaban J connectivity index is 2.37. The molecule has 2 rings (SSSR count). The van der Waals surface area contributed by atoms with Gasteiger partial charge in [0.05, 0.1) is 5.56 Å². The van der Waals surface area contributed by atoms with Gasteiger partial charge in [-0.05, 0) is 42.2 Å². The second-order valence-electron chi connectivity index (χ2n) is 3.98. The van der Waals surface area contributed by atoms with Crippen molar-refractivity contribution in [2.45, 2.75) is 11.8 Å². The van der Waals surface area contributed by atoms with Crippen LogP contribution in [0, 0.1) is 5.82 Å². The molecule has 0 unspecified atom stereocenters. The molecule has 0 aliphatic heterocycles. The number of ether oxygens (including phenoxy) is 1. The second-order valence-corrected chi connectivity index (χ2v) is 5.73. The van der Waals surface area contributed by atoms with E-state index in [2.05, 4.69) is 6.92 Å². The van der Waals surface area contributed by atoms with Crippen molar-refractivity contribution in [3.05, 3.63) is 53.8 Å². The van der Waals surface area contributed by atoms with Gasteiger partial charge < -0.3 is 10.5 Å². The zero-order valence-electron chi connectivity index (χ0n) is 10.9. The van der Waals surface area contributed by atoms with E-state index in [1.54, 1.807) is 30.0 Å². The summed E-state index contributed by atoms with van der Waals surface area (Å²) in [5, 5.41) is 0. The van der Waals surface area contributed by atoms with Crippen molar-refractivity contribution in [3.63, 3.8) is 0 Å². The second kappa shape index (κ2) is 6.72. The fourth-order valence-electron chi connectivity index (χ4n) is 1.74. The molecule has 0 fully saturated rings. The maximum Gasteiger partial charge on any atom is 0.138 e. The van der Waals surface area contributed by atoms with Crippen LogP contribution in [-0.2, 0) is 0 Å². The predicted molar refractivity (Wildman–Crippen MR) is 85.2 cm³/mol. The number of hydrogen-bond donors (Lipinski definition) is 1. The molecule has 20 heavy (non-hydrogen) atoms. The summed E-state index contributed by atoms with van der Waals surface area (Å²) in [5.74, 6) is 1.74. The predicted octanol–water partition coefficient (Wildman–Crippen LogP) is 4.36. The highest BCUT2D eigenvalue weighted by atomic mass is 32.2. The highest BCUT2D eigenvalue weighted by Gasteiger charge is 2.13. The number of nitrogens with two attached hydrogens (primary N) is 1. The summed E-state index contributed by atoms with van der Waals surface area (Å²) in [5.41, 5.74) is 6.52. The fraction of sp³-hybridized carbons (Fsp3) is 0.133. The van der Waals surface area contributed by atoms with Gasteiger partial charge in [0.25, 0.3) is 0 Å². The summed E-state index contributed by atoms with van der Waals surface area (Å²) in [6, 6.07) is 11.5. The number of hydrogen-bond acceptors (Lipinski definition) is 3. The van der Waals surface area contributed by atoms with Gasteiger partial charge in [0.1, 0.15) is 22.3 Å². The Morgan fingerprint density at radius 1 is 1.25 bits per heavy atom. The van der Waals surface area contributed by atoms with Gasteiger partial charge >= 0.3 is 0 Å². The lowest BCUT2D eigenvalue weighted by Crippen LogP contribution is -2.12. The standard InChI is InChI=1S/C15H14FNOS2/c1-2-20-13-5-3-4-12(14(13)15(17)19)18-11-8-6-10(16)7-9-11/h3-9H,2H2,1H3,(H2,17,19). The van der Waals surface area contributed by atoms with E-state index in [-0.39, 0.29) is 5.82 Å². The minimum absolute atomic E-state index is 0.290. The molecular weight excluding hydrogens is 293 g/mol. The molecule has 0 saturated heterocycles. The summed E-state index contributed by atoms with van der Waals surface area (Å²) in [6.07, 6.45) is 0. The number of halogens is 1. The van der Waals surface area contributed by atoms with Gasteiger partial charge in [-0.15, -0.1) is 11.8 Å². The lowest BCUT2D eigenvalue weighted by molar-refractivity contribution is 0.478. The van der Waals surface area contributed by atoms with E-state index in [9.17, 15) is 4.39 Å². The van der Waals surface area contributed by atoms with Crippen LogP contribution < -0.4 is 10.5 Å². The van der Waals surface area contributed by atoms with Crippen molar-refractivity contribution in [3.8, 4) is 11.5 Å². The van der Waals surface area contributed by atoms with Crippen LogP contribution >= 0.6 is 24.0 Å². The van der Waals surface area contributed by atoms with E-state index in [1.807, 2.05) is 12.1 Å². The molecule has 0 bridgehead atoms. The van der Waals surface area contributed by atoms with Crippen molar-refractivity contribution in [2.24, 2.45) is 5.73 Å². The third-order valence-corrected chi connectivity index (χ3v) is 3.72. The van der Waals surface area contributed by atoms with Crippen LogP contribution in [-0.4, -0.2) is 10.7 Å². The molecule has 0 amide bonds. The van der Waals surface area contributed by atoms with Crippen LogP contribution in [0.25, 0.3) is 0 Å². The number of rotatable bonds is 5. The summed E-state index contributed by atoms with van der Waals surface area (Å²) >= 11 is 6.76. The normalized spacial score (nSPS) is 10.3. The smallest absolute Gasteiger partial charge is 0.138 e. The van der Waals surface area contributed by atoms with Crippen molar-refractivity contribution in [1.29, 1.82) is 0 Å². The number of thiocarbonyl (C=S) groups is 1. The van der Waals surface area contributed by atoms with Crippen molar-refractivity contribution < 1.29 is 9.13 Å². The molecule has 0 aliphatic carbocycles. The molecule has 5 heteroatoms. The first-order valence-corrected chi connectivity index (χ1v) is 7.50.